The van der Waals surface area contributed by atoms with Gasteiger partial charge in [0.1, 0.15) is 11.2 Å². The third-order valence-electron chi connectivity index (χ3n) is 7.99. The van der Waals surface area contributed by atoms with Crippen LogP contribution in [0.2, 0.25) is 0 Å². The van der Waals surface area contributed by atoms with E-state index in [1.165, 1.54) is 11.2 Å². The van der Waals surface area contributed by atoms with Gasteiger partial charge in [0.25, 0.3) is 5.91 Å². The summed E-state index contributed by atoms with van der Waals surface area (Å²) in [4.78, 5) is 44.4. The number of aromatic nitrogens is 2. The van der Waals surface area contributed by atoms with Crippen molar-refractivity contribution >= 4 is 34.7 Å². The maximum absolute atomic E-state index is 13.7. The Morgan fingerprint density at radius 2 is 1.76 bits per heavy atom. The number of fused-ring (bicyclic) bond motifs is 2. The van der Waals surface area contributed by atoms with E-state index in [0.29, 0.717) is 17.6 Å². The molecule has 4 aromatic rings. The normalized spacial score (nSPS) is 19.0. The highest BCUT2D eigenvalue weighted by molar-refractivity contribution is 6.08. The van der Waals surface area contributed by atoms with Crippen molar-refractivity contribution in [1.29, 1.82) is 0 Å². The lowest BCUT2D eigenvalue weighted by molar-refractivity contribution is -0.137. The van der Waals surface area contributed by atoms with E-state index >= 15 is 0 Å². The Labute approximate surface area is 244 Å². The maximum Gasteiger partial charge on any atom is 0.344 e. The Bertz CT molecular complexity index is 1780. The lowest BCUT2D eigenvalue weighted by atomic mass is 9.77. The van der Waals surface area contributed by atoms with Crippen molar-refractivity contribution in [2.24, 2.45) is 11.0 Å². The average Bonchev–Trinajstić information content (AvgIpc) is 3.42. The fourth-order valence-corrected chi connectivity index (χ4v) is 5.96. The van der Waals surface area contributed by atoms with Crippen LogP contribution in [-0.4, -0.2) is 38.8 Å². The van der Waals surface area contributed by atoms with Gasteiger partial charge in [-0.1, -0.05) is 60.7 Å². The Kier molecular flexibility index (Phi) is 7.52. The second-order valence-corrected chi connectivity index (χ2v) is 10.7. The summed E-state index contributed by atoms with van der Waals surface area (Å²) < 4.78 is 7.21. The topological polar surface area (TPSA) is 93.9 Å². The summed E-state index contributed by atoms with van der Waals surface area (Å²) in [6.07, 6.45) is 6.37. The largest absolute Gasteiger partial charge is 0.452 e. The summed E-state index contributed by atoms with van der Waals surface area (Å²) in [6, 6.07) is 23.1. The predicted molar refractivity (Wildman–Crippen MR) is 162 cm³/mol. The third-order valence-corrected chi connectivity index (χ3v) is 7.99. The molecule has 0 saturated heterocycles. The number of hydrogen-bond donors (Lipinski definition) is 0. The number of nitrogens with zero attached hydrogens (tertiary/aromatic N) is 4. The highest BCUT2D eigenvalue weighted by Gasteiger charge is 2.43. The van der Waals surface area contributed by atoms with Gasteiger partial charge in [-0.25, -0.2) is 14.8 Å². The molecule has 2 aromatic heterocycles. The minimum Gasteiger partial charge on any atom is -0.452 e. The fourth-order valence-electron chi connectivity index (χ4n) is 5.96. The van der Waals surface area contributed by atoms with Gasteiger partial charge in [-0.3, -0.25) is 9.59 Å². The van der Waals surface area contributed by atoms with E-state index in [1.54, 1.807) is 16.7 Å². The molecule has 2 aromatic carbocycles. The molecule has 0 unspecified atom stereocenters. The second-order valence-electron chi connectivity index (χ2n) is 10.7. The van der Waals surface area contributed by atoms with E-state index in [1.807, 2.05) is 62.4 Å². The van der Waals surface area contributed by atoms with Crippen molar-refractivity contribution in [2.45, 2.75) is 45.7 Å². The molecule has 1 fully saturated rings. The molecule has 8 heteroatoms. The molecule has 0 spiro atoms. The van der Waals surface area contributed by atoms with Gasteiger partial charge >= 0.3 is 5.97 Å². The van der Waals surface area contributed by atoms with E-state index in [2.05, 4.69) is 23.2 Å². The molecule has 3 heterocycles. The number of carbonyl (C=O) groups excluding carboxylic acids is 2. The van der Waals surface area contributed by atoms with Crippen molar-refractivity contribution in [3.05, 3.63) is 117 Å². The van der Waals surface area contributed by atoms with Gasteiger partial charge in [0.2, 0.25) is 5.43 Å². The molecule has 8 nitrogen and oxygen atoms in total. The molecular formula is C34H32N4O4. The van der Waals surface area contributed by atoms with Crippen molar-refractivity contribution in [3.63, 3.8) is 0 Å². The minimum absolute atomic E-state index is 0.0314. The summed E-state index contributed by atoms with van der Waals surface area (Å²) >= 11 is 0. The van der Waals surface area contributed by atoms with Crippen LogP contribution >= 0.6 is 0 Å². The monoisotopic (exact) mass is 560 g/mol. The van der Waals surface area contributed by atoms with Crippen LogP contribution < -0.4 is 5.43 Å². The lowest BCUT2D eigenvalue weighted by Gasteiger charge is -2.29. The van der Waals surface area contributed by atoms with Crippen molar-refractivity contribution < 1.29 is 14.3 Å². The molecule has 42 heavy (non-hydrogen) atoms. The molecule has 212 valence electrons. The first-order valence-corrected chi connectivity index (χ1v) is 14.3. The zero-order valence-electron chi connectivity index (χ0n) is 23.7. The van der Waals surface area contributed by atoms with Crippen LogP contribution in [0.15, 0.2) is 94.5 Å². The highest BCUT2D eigenvalue weighted by Crippen LogP contribution is 2.44. The van der Waals surface area contributed by atoms with E-state index in [9.17, 15) is 14.4 Å². The Morgan fingerprint density at radius 1 is 1.02 bits per heavy atom. The number of allylic oxidation sites excluding steroid dienone is 1. The molecule has 1 amide bonds. The highest BCUT2D eigenvalue weighted by atomic mass is 16.5. The van der Waals surface area contributed by atoms with Gasteiger partial charge in [0.15, 0.2) is 6.61 Å². The second kappa shape index (κ2) is 11.6. The Hall–Kier alpha value is -4.85. The van der Waals surface area contributed by atoms with E-state index in [-0.39, 0.29) is 17.5 Å². The maximum atomic E-state index is 13.7. The van der Waals surface area contributed by atoms with Crippen LogP contribution in [0.1, 0.15) is 59.4 Å². The third kappa shape index (κ3) is 5.16. The van der Waals surface area contributed by atoms with Gasteiger partial charge in [-0.2, -0.15) is 5.10 Å². The molecule has 1 aliphatic carbocycles. The standard InChI is InChI=1S/C34H32N4O4/c1-3-37-20-28(32(40)27-18-17-22(2)35-33(27)37)34(41)42-21-29(39)38-31(24-13-8-5-9-14-24)26-16-10-15-25(30(26)36-38)19-23-11-6-4-7-12-23/h4-9,11-14,17-20,26,31H,3,10,15-16,21H2,1-2H3/b25-19+/t26-,31+/m1/s1. The van der Waals surface area contributed by atoms with Crippen molar-refractivity contribution in [1.82, 2.24) is 14.6 Å². The number of carbonyl (C=O) groups is 2. The van der Waals surface area contributed by atoms with Crippen LogP contribution in [0.4, 0.5) is 0 Å². The first-order chi connectivity index (χ1) is 20.4. The number of hydrogen-bond acceptors (Lipinski definition) is 6. The summed E-state index contributed by atoms with van der Waals surface area (Å²) in [6.45, 7) is 3.73. The number of benzene rings is 2. The molecule has 1 saturated carbocycles. The molecule has 2 atom stereocenters. The Morgan fingerprint density at radius 3 is 2.50 bits per heavy atom. The molecule has 1 aliphatic heterocycles. The molecule has 0 N–H and O–H groups in total. The van der Waals surface area contributed by atoms with Crippen LogP contribution in [0.3, 0.4) is 0 Å². The van der Waals surface area contributed by atoms with Crippen molar-refractivity contribution in [2.75, 3.05) is 6.61 Å². The molecule has 0 radical (unpaired) electrons. The number of amides is 1. The zero-order valence-corrected chi connectivity index (χ0v) is 23.7. The van der Waals surface area contributed by atoms with E-state index in [4.69, 9.17) is 9.84 Å². The van der Waals surface area contributed by atoms with Crippen molar-refractivity contribution in [3.8, 4) is 0 Å². The summed E-state index contributed by atoms with van der Waals surface area (Å²) in [5.41, 5.74) is 4.77. The first-order valence-electron chi connectivity index (χ1n) is 14.3. The SMILES string of the molecule is CCn1cc(C(=O)OCC(=O)N2N=C3/C(=C/c4ccccc4)CCC[C@H]3[C@@H]2c2ccccc2)c(=O)c2ccc(C)nc21. The van der Waals surface area contributed by atoms with Gasteiger partial charge in [-0.15, -0.1) is 0 Å². The van der Waals surface area contributed by atoms with Crippen LogP contribution in [0.25, 0.3) is 17.1 Å². The minimum atomic E-state index is -0.844. The smallest absolute Gasteiger partial charge is 0.344 e. The first kappa shape index (κ1) is 27.3. The molecule has 2 aliphatic rings. The molecular weight excluding hydrogens is 528 g/mol. The van der Waals surface area contributed by atoms with Crippen LogP contribution in [0, 0.1) is 12.8 Å². The van der Waals surface area contributed by atoms with Gasteiger partial charge in [0, 0.05) is 24.4 Å². The van der Waals surface area contributed by atoms with E-state index < -0.39 is 23.9 Å². The number of pyridine rings is 2. The van der Waals surface area contributed by atoms with E-state index in [0.717, 1.165) is 47.4 Å². The van der Waals surface area contributed by atoms with Crippen LogP contribution in [-0.2, 0) is 16.1 Å². The number of aryl methyl sites for hydroxylation is 2. The van der Waals surface area contributed by atoms with Gasteiger partial charge < -0.3 is 9.30 Å². The quantitative estimate of drug-likeness (QED) is 0.282. The van der Waals surface area contributed by atoms with Crippen LogP contribution in [0.5, 0.6) is 0 Å². The molecule has 0 bridgehead atoms. The number of ether oxygens (including phenoxy) is 1. The van der Waals surface area contributed by atoms with Gasteiger partial charge in [0.05, 0.1) is 17.1 Å². The fraction of sp³-hybridized carbons (Fsp3) is 0.265. The number of rotatable bonds is 6. The molecule has 6 rings (SSSR count). The predicted octanol–water partition coefficient (Wildman–Crippen LogP) is 5.70. The summed E-state index contributed by atoms with van der Waals surface area (Å²) in [5.74, 6) is -1.25. The number of esters is 1. The zero-order chi connectivity index (χ0) is 29.2. The Balaban J connectivity index is 1.29. The number of hydrazone groups is 1. The van der Waals surface area contributed by atoms with Gasteiger partial charge in [-0.05, 0) is 68.0 Å². The summed E-state index contributed by atoms with van der Waals surface area (Å²) in [7, 11) is 0. The summed E-state index contributed by atoms with van der Waals surface area (Å²) in [5, 5.41) is 6.67. The average molecular weight is 561 g/mol. The lowest BCUT2D eigenvalue weighted by Crippen LogP contribution is -2.35.